The molecule has 0 unspecified atom stereocenters. The molecular weight excluding hydrogens is 504 g/mol. The lowest BCUT2D eigenvalue weighted by Crippen LogP contribution is -2.16. The van der Waals surface area contributed by atoms with Gasteiger partial charge in [-0.25, -0.2) is 9.59 Å². The molecule has 0 atom stereocenters. The largest absolute Gasteiger partial charge is 0.423 e. The summed E-state index contributed by atoms with van der Waals surface area (Å²) in [5.41, 5.74) is 3.14. The van der Waals surface area contributed by atoms with Crippen LogP contribution in [-0.2, 0) is 20.7 Å². The number of carbonyl (C=O) groups is 2. The molecule has 1 aliphatic carbocycles. The van der Waals surface area contributed by atoms with Crippen molar-refractivity contribution in [1.82, 2.24) is 0 Å². The van der Waals surface area contributed by atoms with Crippen molar-refractivity contribution in [2.45, 2.75) is 71.1 Å². The second-order valence-electron chi connectivity index (χ2n) is 10.8. The first-order chi connectivity index (χ1) is 19.3. The van der Waals surface area contributed by atoms with Gasteiger partial charge >= 0.3 is 11.9 Å². The molecule has 0 aliphatic heterocycles. The van der Waals surface area contributed by atoms with Crippen LogP contribution in [-0.4, -0.2) is 37.4 Å². The van der Waals surface area contributed by atoms with Gasteiger partial charge in [0.2, 0.25) is 0 Å². The van der Waals surface area contributed by atoms with E-state index in [2.05, 4.69) is 26.1 Å². The first-order valence-electron chi connectivity index (χ1n) is 14.5. The fraction of sp³-hybridized carbons (Fsp3) is 0.471. The molecule has 0 spiro atoms. The zero-order valence-electron chi connectivity index (χ0n) is 24.1. The molecule has 1 fully saturated rings. The molecule has 0 aromatic heterocycles. The van der Waals surface area contributed by atoms with Gasteiger partial charge < -0.3 is 19.3 Å². The summed E-state index contributed by atoms with van der Waals surface area (Å²) in [7, 11) is 1.50. The van der Waals surface area contributed by atoms with E-state index in [-0.39, 0.29) is 17.8 Å². The molecule has 2 aromatic rings. The molecular formula is C34H44O6. The first kappa shape index (κ1) is 31.3. The number of aliphatic hydroxyl groups excluding tert-OH is 1. The van der Waals surface area contributed by atoms with Crippen LogP contribution in [0.3, 0.4) is 0 Å². The minimum absolute atomic E-state index is 0.0229. The Labute approximate surface area is 239 Å². The summed E-state index contributed by atoms with van der Waals surface area (Å²) in [5.74, 6) is 1.31. The van der Waals surface area contributed by atoms with Gasteiger partial charge in [-0.3, -0.25) is 0 Å². The molecule has 1 aliphatic rings. The maximum absolute atomic E-state index is 12.4. The second kappa shape index (κ2) is 16.1. The Hall–Kier alpha value is -3.22. The lowest BCUT2D eigenvalue weighted by molar-refractivity contribution is -0.131. The summed E-state index contributed by atoms with van der Waals surface area (Å²) in [6.07, 6.45) is 12.3. The number of aryl methyl sites for hydroxylation is 1. The Kier molecular flexibility index (Phi) is 12.6. The molecule has 1 N–H and O–H groups in total. The Balaban J connectivity index is 1.70. The topological polar surface area (TPSA) is 82.1 Å². The van der Waals surface area contributed by atoms with Crippen LogP contribution in [0, 0.1) is 11.8 Å². The third-order valence-electron chi connectivity index (χ3n) is 7.75. The Morgan fingerprint density at radius 1 is 0.850 bits per heavy atom. The maximum atomic E-state index is 12.4. The number of benzene rings is 2. The molecule has 216 valence electrons. The molecule has 1 saturated carbocycles. The lowest BCUT2D eigenvalue weighted by atomic mass is 9.77. The number of unbranched alkanes of at least 4 members (excludes halogenated alkanes) is 2. The number of rotatable bonds is 15. The molecule has 0 radical (unpaired) electrons. The Bertz CT molecular complexity index is 1140. The van der Waals surface area contributed by atoms with Crippen LogP contribution in [0.15, 0.2) is 66.8 Å². The molecule has 0 saturated heterocycles. The number of ether oxygens (including phenoxy) is 3. The van der Waals surface area contributed by atoms with Crippen LogP contribution in [0.2, 0.25) is 0 Å². The highest BCUT2D eigenvalue weighted by atomic mass is 16.5. The molecule has 40 heavy (non-hydrogen) atoms. The van der Waals surface area contributed by atoms with Gasteiger partial charge in [-0.2, -0.15) is 0 Å². The van der Waals surface area contributed by atoms with Gasteiger partial charge in [0.1, 0.15) is 11.5 Å². The quantitative estimate of drug-likeness (QED) is 0.109. The first-order valence-corrected chi connectivity index (χ1v) is 14.5. The van der Waals surface area contributed by atoms with Crippen molar-refractivity contribution in [2.24, 2.45) is 11.8 Å². The molecule has 0 amide bonds. The lowest BCUT2D eigenvalue weighted by Gasteiger charge is -2.28. The molecule has 2 aromatic carbocycles. The standard InChI is InChI=1S/C34H44O6/c1-5-6-7-8-26-9-11-27(12-10-26)13-14-30-21-29(17-20-32(30)40-33(36)24(2)22-35)28-15-18-31(19-16-28)39-34(37)25(3)23-38-4/h15-21,26-27,35H,2-3,5-14,22-23H2,1,4H3. The van der Waals surface area contributed by atoms with Gasteiger partial charge in [-0.15, -0.1) is 0 Å². The number of aliphatic hydroxyl groups is 1. The molecule has 6 nitrogen and oxygen atoms in total. The van der Waals surface area contributed by atoms with Crippen molar-refractivity contribution in [3.63, 3.8) is 0 Å². The van der Waals surface area contributed by atoms with Crippen molar-refractivity contribution < 1.29 is 28.9 Å². The summed E-state index contributed by atoms with van der Waals surface area (Å²) in [4.78, 5) is 24.5. The van der Waals surface area contributed by atoms with Gasteiger partial charge in [0, 0.05) is 7.11 Å². The smallest absolute Gasteiger partial charge is 0.341 e. The normalized spacial score (nSPS) is 16.8. The van der Waals surface area contributed by atoms with Gasteiger partial charge in [-0.1, -0.05) is 89.6 Å². The van der Waals surface area contributed by atoms with Gasteiger partial charge in [0.15, 0.2) is 0 Å². The SMILES string of the molecule is C=C(COC)C(=O)Oc1ccc(-c2ccc(OC(=O)C(=C)CO)c(CCC3CCC(CCCCC)CC3)c2)cc1. The average Bonchev–Trinajstić information content (AvgIpc) is 2.97. The maximum Gasteiger partial charge on any atom is 0.341 e. The van der Waals surface area contributed by atoms with E-state index in [1.54, 1.807) is 18.2 Å². The van der Waals surface area contributed by atoms with Crippen molar-refractivity contribution in [1.29, 1.82) is 0 Å². The van der Waals surface area contributed by atoms with Crippen molar-refractivity contribution in [3.05, 3.63) is 72.3 Å². The summed E-state index contributed by atoms with van der Waals surface area (Å²) in [6, 6.07) is 13.0. The molecule has 6 heteroatoms. The van der Waals surface area contributed by atoms with E-state index in [0.717, 1.165) is 35.4 Å². The van der Waals surface area contributed by atoms with Crippen molar-refractivity contribution >= 4 is 11.9 Å². The van der Waals surface area contributed by atoms with Gasteiger partial charge in [0.25, 0.3) is 0 Å². The highest BCUT2D eigenvalue weighted by molar-refractivity contribution is 5.90. The number of methoxy groups -OCH3 is 1. The number of hydrogen-bond acceptors (Lipinski definition) is 6. The molecule has 3 rings (SSSR count). The highest BCUT2D eigenvalue weighted by Gasteiger charge is 2.22. The zero-order valence-corrected chi connectivity index (χ0v) is 24.1. The fourth-order valence-corrected chi connectivity index (χ4v) is 5.27. The van der Waals surface area contributed by atoms with E-state index in [9.17, 15) is 14.7 Å². The van der Waals surface area contributed by atoms with E-state index >= 15 is 0 Å². The third-order valence-corrected chi connectivity index (χ3v) is 7.75. The van der Waals surface area contributed by atoms with Crippen LogP contribution in [0.4, 0.5) is 0 Å². The third kappa shape index (κ3) is 9.46. The second-order valence-corrected chi connectivity index (χ2v) is 10.8. The summed E-state index contributed by atoms with van der Waals surface area (Å²) in [5, 5.41) is 9.30. The summed E-state index contributed by atoms with van der Waals surface area (Å²) < 4.78 is 15.9. The van der Waals surface area contributed by atoms with Crippen molar-refractivity contribution in [3.8, 4) is 22.6 Å². The highest BCUT2D eigenvalue weighted by Crippen LogP contribution is 2.36. The predicted molar refractivity (Wildman–Crippen MR) is 158 cm³/mol. The van der Waals surface area contributed by atoms with Crippen molar-refractivity contribution in [2.75, 3.05) is 20.3 Å². The van der Waals surface area contributed by atoms with E-state index in [4.69, 9.17) is 14.2 Å². The zero-order chi connectivity index (χ0) is 28.9. The summed E-state index contributed by atoms with van der Waals surface area (Å²) >= 11 is 0. The van der Waals surface area contributed by atoms with Crippen LogP contribution < -0.4 is 9.47 Å². The average molecular weight is 549 g/mol. The minimum atomic E-state index is -0.620. The Morgan fingerprint density at radius 2 is 1.48 bits per heavy atom. The van der Waals surface area contributed by atoms with Crippen LogP contribution in [0.25, 0.3) is 11.1 Å². The monoisotopic (exact) mass is 548 g/mol. The van der Waals surface area contributed by atoms with E-state index in [1.807, 2.05) is 18.2 Å². The number of carbonyl (C=O) groups excluding carboxylic acids is 2. The number of hydrogen-bond donors (Lipinski definition) is 1. The van der Waals surface area contributed by atoms with Gasteiger partial charge in [0.05, 0.1) is 24.4 Å². The van der Waals surface area contributed by atoms with E-state index in [0.29, 0.717) is 17.4 Å². The fourth-order valence-electron chi connectivity index (χ4n) is 5.27. The number of esters is 2. The van der Waals surface area contributed by atoms with Crippen LogP contribution in [0.5, 0.6) is 11.5 Å². The van der Waals surface area contributed by atoms with Gasteiger partial charge in [-0.05, 0) is 65.6 Å². The Morgan fingerprint density at radius 3 is 2.10 bits per heavy atom. The molecule has 0 heterocycles. The van der Waals surface area contributed by atoms with Crippen LogP contribution >= 0.6 is 0 Å². The van der Waals surface area contributed by atoms with E-state index in [1.165, 1.54) is 58.5 Å². The molecule has 0 bridgehead atoms. The summed E-state index contributed by atoms with van der Waals surface area (Å²) in [6.45, 7) is 9.20. The van der Waals surface area contributed by atoms with Crippen LogP contribution in [0.1, 0.15) is 70.3 Å². The predicted octanol–water partition coefficient (Wildman–Crippen LogP) is 7.23. The van der Waals surface area contributed by atoms with E-state index < -0.39 is 18.5 Å². The minimum Gasteiger partial charge on any atom is -0.423 e.